The average molecular weight is 393 g/mol. The highest BCUT2D eigenvalue weighted by atomic mass is 16.5. The van der Waals surface area contributed by atoms with E-state index in [4.69, 9.17) is 4.74 Å². The molecule has 0 aliphatic carbocycles. The van der Waals surface area contributed by atoms with Crippen molar-refractivity contribution < 1.29 is 19.7 Å². The number of nitrogens with zero attached hydrogens (tertiary/aromatic N) is 2. The number of aryl methyl sites for hydroxylation is 1. The molecule has 4 rings (SSSR count). The molecule has 0 spiro atoms. The molecule has 0 saturated heterocycles. The van der Waals surface area contributed by atoms with Gasteiger partial charge >= 0.3 is 0 Å². The van der Waals surface area contributed by atoms with Crippen LogP contribution in [0.25, 0.3) is 11.3 Å². The van der Waals surface area contributed by atoms with Gasteiger partial charge in [0.25, 0.3) is 5.91 Å². The van der Waals surface area contributed by atoms with Crippen molar-refractivity contribution in [2.24, 2.45) is 0 Å². The lowest BCUT2D eigenvalue weighted by Gasteiger charge is -2.26. The first-order valence-corrected chi connectivity index (χ1v) is 9.48. The normalized spacial score (nSPS) is 15.7. The Morgan fingerprint density at radius 2 is 2.03 bits per heavy atom. The summed E-state index contributed by atoms with van der Waals surface area (Å²) in [5, 5.41) is 27.7. The van der Waals surface area contributed by atoms with E-state index in [0.717, 1.165) is 11.1 Å². The average Bonchev–Trinajstić information content (AvgIpc) is 3.23. The predicted octanol–water partition coefficient (Wildman–Crippen LogP) is 3.38. The second-order valence-corrected chi connectivity index (χ2v) is 7.22. The summed E-state index contributed by atoms with van der Waals surface area (Å²) in [6, 6.07) is 11.8. The standard InChI is InChI=1S/C22H23N3O4/c1-13-7-8-17(27)16(11-13)19-18-20(24-23-19)22(28)25(9-4-10-29-2)21(18)14-5-3-6-15(26)12-14/h3,5-8,11-12,21,26-27H,4,9-10H2,1-2H3,(H,23,24)/t21-/m0/s1. The van der Waals surface area contributed by atoms with Crippen molar-refractivity contribution in [2.75, 3.05) is 20.3 Å². The highest BCUT2D eigenvalue weighted by molar-refractivity contribution is 6.00. The largest absolute Gasteiger partial charge is 0.508 e. The molecule has 0 fully saturated rings. The molecule has 150 valence electrons. The van der Waals surface area contributed by atoms with Crippen LogP contribution in [0.2, 0.25) is 0 Å². The second kappa shape index (κ2) is 7.60. The first-order valence-electron chi connectivity index (χ1n) is 9.48. The van der Waals surface area contributed by atoms with E-state index in [2.05, 4.69) is 10.2 Å². The topological polar surface area (TPSA) is 98.7 Å². The van der Waals surface area contributed by atoms with Crippen LogP contribution in [0.4, 0.5) is 0 Å². The van der Waals surface area contributed by atoms with E-state index in [-0.39, 0.29) is 17.4 Å². The summed E-state index contributed by atoms with van der Waals surface area (Å²) in [7, 11) is 1.63. The third-order valence-corrected chi connectivity index (χ3v) is 5.20. The molecular weight excluding hydrogens is 370 g/mol. The van der Waals surface area contributed by atoms with Crippen molar-refractivity contribution in [1.82, 2.24) is 15.1 Å². The number of nitrogens with one attached hydrogen (secondary N) is 1. The van der Waals surface area contributed by atoms with Crippen molar-refractivity contribution in [3.05, 3.63) is 64.8 Å². The molecule has 7 nitrogen and oxygen atoms in total. The van der Waals surface area contributed by atoms with Gasteiger partial charge in [0.15, 0.2) is 0 Å². The Morgan fingerprint density at radius 3 is 2.79 bits per heavy atom. The van der Waals surface area contributed by atoms with Crippen LogP contribution in [-0.4, -0.2) is 51.5 Å². The van der Waals surface area contributed by atoms with Gasteiger partial charge in [0.2, 0.25) is 0 Å². The monoisotopic (exact) mass is 393 g/mol. The Kier molecular flexibility index (Phi) is 4.98. The van der Waals surface area contributed by atoms with E-state index < -0.39 is 6.04 Å². The van der Waals surface area contributed by atoms with Gasteiger partial charge in [0.1, 0.15) is 22.9 Å². The highest BCUT2D eigenvalue weighted by Gasteiger charge is 2.42. The number of carbonyl (C=O) groups is 1. The summed E-state index contributed by atoms with van der Waals surface area (Å²) in [6.07, 6.45) is 0.681. The summed E-state index contributed by atoms with van der Waals surface area (Å²) in [5.41, 5.74) is 3.98. The van der Waals surface area contributed by atoms with Crippen LogP contribution in [0, 0.1) is 6.92 Å². The van der Waals surface area contributed by atoms with Crippen LogP contribution < -0.4 is 0 Å². The molecule has 0 unspecified atom stereocenters. The van der Waals surface area contributed by atoms with Crippen molar-refractivity contribution in [3.8, 4) is 22.8 Å². The van der Waals surface area contributed by atoms with Crippen LogP contribution in [0.1, 0.15) is 39.6 Å². The number of ether oxygens (including phenoxy) is 1. The van der Waals surface area contributed by atoms with Crippen molar-refractivity contribution in [1.29, 1.82) is 0 Å². The van der Waals surface area contributed by atoms with Gasteiger partial charge < -0.3 is 19.8 Å². The Bertz CT molecular complexity index is 1060. The van der Waals surface area contributed by atoms with Crippen molar-refractivity contribution in [3.63, 3.8) is 0 Å². The maximum atomic E-state index is 13.1. The predicted molar refractivity (Wildman–Crippen MR) is 108 cm³/mol. The molecule has 2 aromatic carbocycles. The summed E-state index contributed by atoms with van der Waals surface area (Å²) in [5.74, 6) is 0.0730. The number of aromatic amines is 1. The molecule has 1 aliphatic heterocycles. The number of carbonyl (C=O) groups excluding carboxylic acids is 1. The summed E-state index contributed by atoms with van der Waals surface area (Å²) < 4.78 is 5.15. The van der Waals surface area contributed by atoms with E-state index >= 15 is 0 Å². The highest BCUT2D eigenvalue weighted by Crippen LogP contribution is 2.45. The first-order chi connectivity index (χ1) is 14.0. The lowest BCUT2D eigenvalue weighted by atomic mass is 9.95. The number of H-pyrrole nitrogens is 1. The number of hydrogen-bond donors (Lipinski definition) is 3. The van der Waals surface area contributed by atoms with Gasteiger partial charge in [0.05, 0.1) is 6.04 Å². The van der Waals surface area contributed by atoms with Crippen LogP contribution in [0.5, 0.6) is 11.5 Å². The summed E-state index contributed by atoms with van der Waals surface area (Å²) >= 11 is 0. The van der Waals surface area contributed by atoms with Crippen LogP contribution in [0.15, 0.2) is 42.5 Å². The number of fused-ring (bicyclic) bond motifs is 1. The van der Waals surface area contributed by atoms with E-state index in [1.165, 1.54) is 0 Å². The minimum atomic E-state index is -0.421. The number of benzene rings is 2. The molecular formula is C22H23N3O4. The van der Waals surface area contributed by atoms with E-state index in [1.807, 2.05) is 25.1 Å². The molecule has 29 heavy (non-hydrogen) atoms. The molecule has 1 aromatic heterocycles. The summed E-state index contributed by atoms with van der Waals surface area (Å²) in [6.45, 7) is 2.97. The number of hydrogen-bond acceptors (Lipinski definition) is 5. The van der Waals surface area contributed by atoms with Gasteiger partial charge in [0, 0.05) is 31.4 Å². The maximum Gasteiger partial charge on any atom is 0.273 e. The molecule has 1 amide bonds. The lowest BCUT2D eigenvalue weighted by Crippen LogP contribution is -2.31. The second-order valence-electron chi connectivity index (χ2n) is 7.22. The van der Waals surface area contributed by atoms with Gasteiger partial charge in [-0.3, -0.25) is 9.89 Å². The van der Waals surface area contributed by atoms with E-state index in [9.17, 15) is 15.0 Å². The number of aromatic hydroxyl groups is 2. The smallest absolute Gasteiger partial charge is 0.273 e. The molecule has 3 N–H and O–H groups in total. The van der Waals surface area contributed by atoms with Gasteiger partial charge in [-0.1, -0.05) is 23.8 Å². The third kappa shape index (κ3) is 3.34. The molecule has 3 aromatic rings. The van der Waals surface area contributed by atoms with Gasteiger partial charge in [-0.25, -0.2) is 0 Å². The first kappa shape index (κ1) is 19.0. The quantitative estimate of drug-likeness (QED) is 0.558. The van der Waals surface area contributed by atoms with Crippen molar-refractivity contribution in [2.45, 2.75) is 19.4 Å². The Hall–Kier alpha value is -3.32. The Balaban J connectivity index is 1.86. The fraction of sp³-hybridized carbons (Fsp3) is 0.273. The number of amides is 1. The fourth-order valence-corrected chi connectivity index (χ4v) is 3.89. The molecule has 1 aliphatic rings. The Labute approximate surface area is 168 Å². The zero-order valence-electron chi connectivity index (χ0n) is 16.3. The Morgan fingerprint density at radius 1 is 1.21 bits per heavy atom. The minimum Gasteiger partial charge on any atom is -0.508 e. The van der Waals surface area contributed by atoms with E-state index in [1.54, 1.807) is 36.3 Å². The van der Waals surface area contributed by atoms with Crippen LogP contribution in [-0.2, 0) is 4.74 Å². The lowest BCUT2D eigenvalue weighted by molar-refractivity contribution is 0.0723. The number of phenolic OH excluding ortho intramolecular Hbond substituents is 2. The third-order valence-electron chi connectivity index (χ3n) is 5.20. The van der Waals surface area contributed by atoms with Crippen LogP contribution in [0.3, 0.4) is 0 Å². The zero-order chi connectivity index (χ0) is 20.5. The molecule has 0 saturated carbocycles. The van der Waals surface area contributed by atoms with Crippen LogP contribution >= 0.6 is 0 Å². The maximum absolute atomic E-state index is 13.1. The number of rotatable bonds is 6. The molecule has 7 heteroatoms. The fourth-order valence-electron chi connectivity index (χ4n) is 3.89. The van der Waals surface area contributed by atoms with Crippen molar-refractivity contribution >= 4 is 5.91 Å². The number of phenols is 2. The minimum absolute atomic E-state index is 0.102. The van der Waals surface area contributed by atoms with Gasteiger partial charge in [-0.05, 0) is 43.2 Å². The molecule has 0 bridgehead atoms. The number of methoxy groups -OCH3 is 1. The van der Waals surface area contributed by atoms with Gasteiger partial charge in [-0.2, -0.15) is 5.10 Å². The number of aromatic nitrogens is 2. The molecule has 2 heterocycles. The summed E-state index contributed by atoms with van der Waals surface area (Å²) in [4.78, 5) is 14.9. The molecule has 0 radical (unpaired) electrons. The van der Waals surface area contributed by atoms with Gasteiger partial charge in [-0.15, -0.1) is 0 Å². The SMILES string of the molecule is COCCCN1C(=O)c2[nH]nc(-c3cc(C)ccc3O)c2[C@@H]1c1cccc(O)c1. The zero-order valence-corrected chi connectivity index (χ0v) is 16.3. The van der Waals surface area contributed by atoms with E-state index in [0.29, 0.717) is 42.1 Å². The molecule has 1 atom stereocenters.